The van der Waals surface area contributed by atoms with Gasteiger partial charge in [-0.1, -0.05) is 35.9 Å². The molecule has 5 rings (SSSR count). The van der Waals surface area contributed by atoms with Crippen LogP contribution in [0.3, 0.4) is 0 Å². The maximum atomic E-state index is 13.5. The molecule has 1 aliphatic heterocycles. The van der Waals surface area contributed by atoms with Crippen molar-refractivity contribution in [3.05, 3.63) is 95.8 Å². The van der Waals surface area contributed by atoms with Crippen LogP contribution in [0.15, 0.2) is 90.1 Å². The molecule has 0 bridgehead atoms. The number of halogens is 1. The molecule has 1 fully saturated rings. The fourth-order valence-electron chi connectivity index (χ4n) is 4.87. The number of fused-ring (bicyclic) bond motifs is 1. The van der Waals surface area contributed by atoms with E-state index in [1.807, 2.05) is 62.4 Å². The lowest BCUT2D eigenvalue weighted by atomic mass is 10.0. The van der Waals surface area contributed by atoms with Gasteiger partial charge in [-0.2, -0.15) is 4.31 Å². The second kappa shape index (κ2) is 9.65. The third-order valence-corrected chi connectivity index (χ3v) is 8.74. The molecule has 0 spiro atoms. The van der Waals surface area contributed by atoms with E-state index in [0.717, 1.165) is 21.9 Å². The number of hydrogen-bond acceptors (Lipinski definition) is 4. The zero-order valence-corrected chi connectivity index (χ0v) is 21.6. The van der Waals surface area contributed by atoms with Gasteiger partial charge < -0.3 is 4.90 Å². The normalized spacial score (nSPS) is 18.9. The third kappa shape index (κ3) is 4.62. The van der Waals surface area contributed by atoms with Crippen molar-refractivity contribution in [3.63, 3.8) is 0 Å². The van der Waals surface area contributed by atoms with Gasteiger partial charge in [-0.25, -0.2) is 8.42 Å². The van der Waals surface area contributed by atoms with Crippen molar-refractivity contribution in [1.29, 1.82) is 0 Å². The molecule has 8 heteroatoms. The summed E-state index contributed by atoms with van der Waals surface area (Å²) < 4.78 is 28.5. The number of nitrogens with zero attached hydrogens (tertiary/aromatic N) is 3. The number of carbonyl (C=O) groups is 1. The standard InChI is InChI=1S/C28H26ClN3O3S/c1-19-17-31(36(34,35)27-10-8-24-15-26(29)9-7-25(24)16-27)18-20(2)32(19)28(33)23-5-3-21(4-6-23)22-11-13-30-14-12-22/h3-16,19-20H,17-18H2,1-2H3. The first-order valence-corrected chi connectivity index (χ1v) is 13.6. The van der Waals surface area contributed by atoms with E-state index in [9.17, 15) is 13.2 Å². The number of piperazine rings is 1. The van der Waals surface area contributed by atoms with E-state index < -0.39 is 10.0 Å². The van der Waals surface area contributed by atoms with E-state index in [1.54, 1.807) is 41.6 Å². The molecule has 2 unspecified atom stereocenters. The maximum Gasteiger partial charge on any atom is 0.254 e. The van der Waals surface area contributed by atoms with Crippen molar-refractivity contribution >= 4 is 38.3 Å². The zero-order valence-electron chi connectivity index (χ0n) is 20.0. The Bertz CT molecular complexity index is 1510. The molecule has 1 amide bonds. The molecule has 6 nitrogen and oxygen atoms in total. The number of hydrogen-bond donors (Lipinski definition) is 0. The molecule has 0 radical (unpaired) electrons. The topological polar surface area (TPSA) is 70.6 Å². The average molecular weight is 520 g/mol. The molecule has 3 aromatic carbocycles. The second-order valence-corrected chi connectivity index (χ2v) is 11.6. The lowest BCUT2D eigenvalue weighted by Crippen LogP contribution is -2.59. The lowest BCUT2D eigenvalue weighted by molar-refractivity contribution is 0.0440. The van der Waals surface area contributed by atoms with Crippen molar-refractivity contribution < 1.29 is 13.2 Å². The summed E-state index contributed by atoms with van der Waals surface area (Å²) in [7, 11) is -3.72. The molecule has 1 saturated heterocycles. The summed E-state index contributed by atoms with van der Waals surface area (Å²) in [5.41, 5.74) is 2.61. The predicted molar refractivity (Wildman–Crippen MR) is 142 cm³/mol. The summed E-state index contributed by atoms with van der Waals surface area (Å²) in [4.78, 5) is 19.5. The van der Waals surface area contributed by atoms with Crippen LogP contribution in [0.1, 0.15) is 24.2 Å². The van der Waals surface area contributed by atoms with Crippen molar-refractivity contribution in [1.82, 2.24) is 14.2 Å². The number of aromatic nitrogens is 1. The van der Waals surface area contributed by atoms with Gasteiger partial charge >= 0.3 is 0 Å². The van der Waals surface area contributed by atoms with Crippen molar-refractivity contribution in [2.75, 3.05) is 13.1 Å². The third-order valence-electron chi connectivity index (χ3n) is 6.68. The van der Waals surface area contributed by atoms with Crippen LogP contribution in [-0.4, -0.2) is 53.7 Å². The first kappa shape index (κ1) is 24.4. The second-order valence-electron chi connectivity index (χ2n) is 9.20. The highest BCUT2D eigenvalue weighted by Crippen LogP contribution is 2.28. The molecule has 1 aromatic heterocycles. The Kier molecular flexibility index (Phi) is 6.55. The SMILES string of the molecule is CC1CN(S(=O)(=O)c2ccc3cc(Cl)ccc3c2)CC(C)N1C(=O)c1ccc(-c2ccncc2)cc1. The summed E-state index contributed by atoms with van der Waals surface area (Å²) in [6, 6.07) is 21.2. The fraction of sp³-hybridized carbons (Fsp3) is 0.214. The average Bonchev–Trinajstić information content (AvgIpc) is 2.88. The summed E-state index contributed by atoms with van der Waals surface area (Å²) in [5.74, 6) is -0.101. The van der Waals surface area contributed by atoms with E-state index in [4.69, 9.17) is 11.6 Å². The maximum absolute atomic E-state index is 13.5. The minimum absolute atomic E-state index is 0.101. The minimum Gasteiger partial charge on any atom is -0.331 e. The minimum atomic E-state index is -3.72. The van der Waals surface area contributed by atoms with Gasteiger partial charge in [0.05, 0.1) is 4.90 Å². The summed E-state index contributed by atoms with van der Waals surface area (Å²) in [5, 5.41) is 2.30. The van der Waals surface area contributed by atoms with E-state index in [0.29, 0.717) is 10.6 Å². The van der Waals surface area contributed by atoms with Crippen LogP contribution in [0.25, 0.3) is 21.9 Å². The van der Waals surface area contributed by atoms with E-state index >= 15 is 0 Å². The van der Waals surface area contributed by atoms with Crippen molar-refractivity contribution in [3.8, 4) is 11.1 Å². The van der Waals surface area contributed by atoms with Crippen LogP contribution >= 0.6 is 11.6 Å². The van der Waals surface area contributed by atoms with E-state index in [1.165, 1.54) is 4.31 Å². The van der Waals surface area contributed by atoms with Gasteiger partial charge in [0.25, 0.3) is 5.91 Å². The Balaban J connectivity index is 1.34. The molecule has 2 heterocycles. The molecule has 2 atom stereocenters. The van der Waals surface area contributed by atoms with Crippen LogP contribution in [0.4, 0.5) is 0 Å². The molecule has 184 valence electrons. The highest BCUT2D eigenvalue weighted by atomic mass is 35.5. The molecule has 1 aliphatic rings. The summed E-state index contributed by atoms with van der Waals surface area (Å²) in [6.45, 7) is 4.24. The predicted octanol–water partition coefficient (Wildman–Crippen LogP) is 5.48. The number of amides is 1. The number of sulfonamides is 1. The van der Waals surface area contributed by atoms with Gasteiger partial charge in [0.15, 0.2) is 0 Å². The first-order valence-electron chi connectivity index (χ1n) is 11.8. The van der Waals surface area contributed by atoms with Crippen LogP contribution in [-0.2, 0) is 10.0 Å². The highest BCUT2D eigenvalue weighted by molar-refractivity contribution is 7.89. The fourth-order valence-corrected chi connectivity index (χ4v) is 6.69. The molecule has 0 N–H and O–H groups in total. The molecule has 0 saturated carbocycles. The monoisotopic (exact) mass is 519 g/mol. The zero-order chi connectivity index (χ0) is 25.4. The smallest absolute Gasteiger partial charge is 0.254 e. The van der Waals surface area contributed by atoms with Gasteiger partial charge in [0.1, 0.15) is 0 Å². The number of rotatable bonds is 4. The van der Waals surface area contributed by atoms with Crippen LogP contribution < -0.4 is 0 Å². The van der Waals surface area contributed by atoms with Crippen LogP contribution in [0.2, 0.25) is 5.02 Å². The van der Waals surface area contributed by atoms with Gasteiger partial charge in [-0.15, -0.1) is 0 Å². The van der Waals surface area contributed by atoms with Crippen molar-refractivity contribution in [2.45, 2.75) is 30.8 Å². The first-order chi connectivity index (χ1) is 17.2. The Morgan fingerprint density at radius 1 is 0.833 bits per heavy atom. The molecule has 4 aromatic rings. The Hall–Kier alpha value is -3.26. The molecule has 36 heavy (non-hydrogen) atoms. The van der Waals surface area contributed by atoms with Crippen LogP contribution in [0, 0.1) is 0 Å². The van der Waals surface area contributed by atoms with E-state index in [2.05, 4.69) is 4.98 Å². The largest absolute Gasteiger partial charge is 0.331 e. The highest BCUT2D eigenvalue weighted by Gasteiger charge is 2.38. The van der Waals surface area contributed by atoms with Gasteiger partial charge in [0, 0.05) is 48.2 Å². The Morgan fingerprint density at radius 2 is 1.42 bits per heavy atom. The summed E-state index contributed by atoms with van der Waals surface area (Å²) >= 11 is 6.06. The van der Waals surface area contributed by atoms with Crippen LogP contribution in [0.5, 0.6) is 0 Å². The van der Waals surface area contributed by atoms with Crippen molar-refractivity contribution in [2.24, 2.45) is 0 Å². The Morgan fingerprint density at radius 3 is 2.08 bits per heavy atom. The van der Waals surface area contributed by atoms with Gasteiger partial charge in [-0.05, 0) is 84.3 Å². The molecular formula is C28H26ClN3O3S. The van der Waals surface area contributed by atoms with Gasteiger partial charge in [-0.3, -0.25) is 9.78 Å². The Labute approximate surface area is 216 Å². The molecule has 0 aliphatic carbocycles. The van der Waals surface area contributed by atoms with E-state index in [-0.39, 0.29) is 36.0 Å². The number of carbonyl (C=O) groups excluding carboxylic acids is 1. The number of benzene rings is 3. The summed E-state index contributed by atoms with van der Waals surface area (Å²) in [6.07, 6.45) is 3.47. The lowest BCUT2D eigenvalue weighted by Gasteiger charge is -2.43. The van der Waals surface area contributed by atoms with Gasteiger partial charge in [0.2, 0.25) is 10.0 Å². The quantitative estimate of drug-likeness (QED) is 0.358. The number of pyridine rings is 1. The molecular weight excluding hydrogens is 494 g/mol.